The number of sulfone groups is 1. The molecule has 1 fully saturated rings. The van der Waals surface area contributed by atoms with E-state index in [1.54, 1.807) is 7.11 Å². The monoisotopic (exact) mass is 269 g/mol. The average molecular weight is 269 g/mol. The lowest BCUT2D eigenvalue weighted by Crippen LogP contribution is -2.56. The topological polar surface area (TPSA) is 69.4 Å². The van der Waals surface area contributed by atoms with Gasteiger partial charge in [-0.1, -0.05) is 19.1 Å². The highest BCUT2D eigenvalue weighted by Crippen LogP contribution is 2.37. The van der Waals surface area contributed by atoms with Gasteiger partial charge in [0.05, 0.1) is 18.6 Å². The molecule has 2 N–H and O–H groups in total. The second-order valence-electron chi connectivity index (χ2n) is 4.90. The van der Waals surface area contributed by atoms with Gasteiger partial charge in [0.2, 0.25) is 0 Å². The molecular formula is C13H19NO3S. The molecular weight excluding hydrogens is 250 g/mol. The van der Waals surface area contributed by atoms with E-state index in [-0.39, 0.29) is 11.5 Å². The molecule has 1 aromatic rings. The Labute approximate surface area is 108 Å². The van der Waals surface area contributed by atoms with E-state index in [0.717, 1.165) is 23.3 Å². The van der Waals surface area contributed by atoms with E-state index in [4.69, 9.17) is 10.5 Å². The zero-order chi connectivity index (χ0) is 13.4. The fraction of sp³-hybridized carbons (Fsp3) is 0.538. The van der Waals surface area contributed by atoms with Gasteiger partial charge in [0.15, 0.2) is 9.84 Å². The summed E-state index contributed by atoms with van der Waals surface area (Å²) in [5.74, 6) is 1.16. The molecule has 0 amide bonds. The van der Waals surface area contributed by atoms with E-state index < -0.39 is 15.3 Å². The van der Waals surface area contributed by atoms with Gasteiger partial charge in [0.1, 0.15) is 5.75 Å². The van der Waals surface area contributed by atoms with Crippen LogP contribution in [0.3, 0.4) is 0 Å². The molecule has 0 saturated carbocycles. The van der Waals surface area contributed by atoms with Crippen LogP contribution in [0.15, 0.2) is 18.2 Å². The summed E-state index contributed by atoms with van der Waals surface area (Å²) >= 11 is 0. The molecule has 1 saturated heterocycles. The summed E-state index contributed by atoms with van der Waals surface area (Å²) in [5.41, 5.74) is 7.50. The Morgan fingerprint density at radius 3 is 2.50 bits per heavy atom. The molecule has 2 rings (SSSR count). The molecule has 1 heterocycles. The van der Waals surface area contributed by atoms with Gasteiger partial charge in [-0.25, -0.2) is 8.42 Å². The first-order valence-corrected chi connectivity index (χ1v) is 7.86. The van der Waals surface area contributed by atoms with Gasteiger partial charge in [0.25, 0.3) is 0 Å². The fourth-order valence-electron chi connectivity index (χ4n) is 2.59. The van der Waals surface area contributed by atoms with Gasteiger partial charge < -0.3 is 10.5 Å². The number of hydrogen-bond acceptors (Lipinski definition) is 4. The fourth-order valence-corrected chi connectivity index (χ4v) is 4.76. The van der Waals surface area contributed by atoms with Crippen molar-refractivity contribution < 1.29 is 13.2 Å². The van der Waals surface area contributed by atoms with Crippen LogP contribution >= 0.6 is 0 Å². The average Bonchev–Trinajstić information content (AvgIpc) is 2.34. The van der Waals surface area contributed by atoms with E-state index in [9.17, 15) is 8.42 Å². The van der Waals surface area contributed by atoms with Crippen molar-refractivity contribution in [3.8, 4) is 5.75 Å². The van der Waals surface area contributed by atoms with E-state index in [1.807, 2.05) is 25.1 Å². The lowest BCUT2D eigenvalue weighted by Gasteiger charge is -2.40. The number of nitrogens with two attached hydrogens (primary N) is 1. The molecule has 100 valence electrons. The largest absolute Gasteiger partial charge is 0.496 e. The van der Waals surface area contributed by atoms with Crippen molar-refractivity contribution in [1.82, 2.24) is 0 Å². The van der Waals surface area contributed by atoms with Crippen LogP contribution < -0.4 is 10.5 Å². The summed E-state index contributed by atoms with van der Waals surface area (Å²) in [6.07, 6.45) is 0.852. The third-order valence-corrected chi connectivity index (χ3v) is 5.64. The summed E-state index contributed by atoms with van der Waals surface area (Å²) in [4.78, 5) is 0. The van der Waals surface area contributed by atoms with E-state index in [1.165, 1.54) is 0 Å². The van der Waals surface area contributed by atoms with Crippen molar-refractivity contribution in [2.45, 2.75) is 18.8 Å². The minimum absolute atomic E-state index is 0.159. The van der Waals surface area contributed by atoms with Crippen molar-refractivity contribution in [2.24, 2.45) is 5.73 Å². The third kappa shape index (κ3) is 2.12. The third-order valence-electron chi connectivity index (χ3n) is 3.66. The Morgan fingerprint density at radius 1 is 1.39 bits per heavy atom. The first kappa shape index (κ1) is 13.4. The smallest absolute Gasteiger partial charge is 0.152 e. The Morgan fingerprint density at radius 2 is 2.06 bits per heavy atom. The summed E-state index contributed by atoms with van der Waals surface area (Å²) in [6.45, 7) is 2.41. The minimum Gasteiger partial charge on any atom is -0.496 e. The molecule has 0 spiro atoms. The molecule has 0 radical (unpaired) electrons. The summed E-state index contributed by atoms with van der Waals surface area (Å²) in [6, 6.07) is 5.86. The molecule has 0 aliphatic carbocycles. The van der Waals surface area contributed by atoms with Gasteiger partial charge in [-0.2, -0.15) is 0 Å². The SMILES string of the molecule is CCc1cc(C2(CN)CS(=O)(=O)C2)ccc1OC. The second kappa shape index (κ2) is 4.55. The highest BCUT2D eigenvalue weighted by atomic mass is 32.2. The predicted octanol–water partition coefficient (Wildman–Crippen LogP) is 0.882. The molecule has 0 unspecified atom stereocenters. The van der Waals surface area contributed by atoms with Gasteiger partial charge >= 0.3 is 0 Å². The predicted molar refractivity (Wildman–Crippen MR) is 71.8 cm³/mol. The maximum atomic E-state index is 11.4. The molecule has 18 heavy (non-hydrogen) atoms. The van der Waals surface area contributed by atoms with Crippen LogP contribution in [0.4, 0.5) is 0 Å². The first-order valence-electron chi connectivity index (χ1n) is 6.04. The number of methoxy groups -OCH3 is 1. The first-order chi connectivity index (χ1) is 8.46. The lowest BCUT2D eigenvalue weighted by atomic mass is 9.82. The maximum Gasteiger partial charge on any atom is 0.152 e. The number of aryl methyl sites for hydroxylation is 1. The Balaban J connectivity index is 2.39. The zero-order valence-electron chi connectivity index (χ0n) is 10.8. The summed E-state index contributed by atoms with van der Waals surface area (Å²) in [5, 5.41) is 0. The van der Waals surface area contributed by atoms with Gasteiger partial charge in [0, 0.05) is 12.0 Å². The molecule has 0 atom stereocenters. The van der Waals surface area contributed by atoms with Crippen molar-refractivity contribution in [3.63, 3.8) is 0 Å². The number of hydrogen-bond donors (Lipinski definition) is 1. The zero-order valence-corrected chi connectivity index (χ0v) is 11.6. The molecule has 1 aliphatic rings. The van der Waals surface area contributed by atoms with Gasteiger partial charge in [-0.15, -0.1) is 0 Å². The summed E-state index contributed by atoms with van der Waals surface area (Å²) < 4.78 is 28.1. The van der Waals surface area contributed by atoms with Gasteiger partial charge in [-0.3, -0.25) is 0 Å². The number of rotatable bonds is 4. The van der Waals surface area contributed by atoms with Crippen LogP contribution in [0.25, 0.3) is 0 Å². The quantitative estimate of drug-likeness (QED) is 0.881. The minimum atomic E-state index is -2.90. The molecule has 0 aromatic heterocycles. The number of benzene rings is 1. The standard InChI is InChI=1S/C13H19NO3S/c1-3-10-6-11(4-5-12(10)17-2)13(7-14)8-18(15,16)9-13/h4-6H,3,7-9,14H2,1-2H3. The molecule has 5 heteroatoms. The highest BCUT2D eigenvalue weighted by molar-refractivity contribution is 7.93. The Kier molecular flexibility index (Phi) is 3.38. The van der Waals surface area contributed by atoms with Crippen LogP contribution in [-0.2, 0) is 21.7 Å². The van der Waals surface area contributed by atoms with Crippen LogP contribution in [-0.4, -0.2) is 33.6 Å². The van der Waals surface area contributed by atoms with Crippen LogP contribution in [0.1, 0.15) is 18.1 Å². The molecule has 1 aliphatic heterocycles. The molecule has 4 nitrogen and oxygen atoms in total. The number of ether oxygens (including phenoxy) is 1. The van der Waals surface area contributed by atoms with E-state index in [2.05, 4.69) is 0 Å². The lowest BCUT2D eigenvalue weighted by molar-refractivity contribution is 0.408. The van der Waals surface area contributed by atoms with Crippen LogP contribution in [0.5, 0.6) is 5.75 Å². The Hall–Kier alpha value is -1.07. The van der Waals surface area contributed by atoms with Crippen molar-refractivity contribution in [3.05, 3.63) is 29.3 Å². The van der Waals surface area contributed by atoms with Crippen molar-refractivity contribution in [2.75, 3.05) is 25.2 Å². The normalized spacial score (nSPS) is 20.2. The van der Waals surface area contributed by atoms with Crippen molar-refractivity contribution >= 4 is 9.84 Å². The highest BCUT2D eigenvalue weighted by Gasteiger charge is 2.48. The van der Waals surface area contributed by atoms with E-state index in [0.29, 0.717) is 6.54 Å². The van der Waals surface area contributed by atoms with Gasteiger partial charge in [-0.05, 0) is 23.6 Å². The van der Waals surface area contributed by atoms with Crippen LogP contribution in [0, 0.1) is 0 Å². The maximum absolute atomic E-state index is 11.4. The molecule has 1 aromatic carbocycles. The molecule has 0 bridgehead atoms. The van der Waals surface area contributed by atoms with E-state index >= 15 is 0 Å². The summed E-state index contributed by atoms with van der Waals surface area (Å²) in [7, 11) is -1.26. The second-order valence-corrected chi connectivity index (χ2v) is 6.96. The van der Waals surface area contributed by atoms with Crippen molar-refractivity contribution in [1.29, 1.82) is 0 Å². The van der Waals surface area contributed by atoms with Crippen LogP contribution in [0.2, 0.25) is 0 Å². The Bertz CT molecular complexity index is 539.